The van der Waals surface area contributed by atoms with Crippen LogP contribution in [-0.2, 0) is 11.3 Å². The van der Waals surface area contributed by atoms with E-state index < -0.39 is 0 Å². The van der Waals surface area contributed by atoms with E-state index in [0.29, 0.717) is 12.6 Å². The highest BCUT2D eigenvalue weighted by Crippen LogP contribution is 2.10. The Labute approximate surface area is 121 Å². The number of rotatable bonds is 5. The van der Waals surface area contributed by atoms with Crippen molar-refractivity contribution in [1.82, 2.24) is 20.1 Å². The monoisotopic (exact) mass is 276 g/mol. The number of piperidine rings is 1. The van der Waals surface area contributed by atoms with E-state index in [9.17, 15) is 4.79 Å². The molecular formula is C15H24N4O. The van der Waals surface area contributed by atoms with Crippen LogP contribution in [0.25, 0.3) is 0 Å². The van der Waals surface area contributed by atoms with Crippen molar-refractivity contribution in [3.63, 3.8) is 0 Å². The van der Waals surface area contributed by atoms with Crippen LogP contribution in [0.15, 0.2) is 24.4 Å². The smallest absolute Gasteiger partial charge is 0.236 e. The number of likely N-dealkylation sites (tertiary alicyclic amines) is 1. The fourth-order valence-corrected chi connectivity index (χ4v) is 2.38. The van der Waals surface area contributed by atoms with Crippen molar-refractivity contribution >= 4 is 5.91 Å². The summed E-state index contributed by atoms with van der Waals surface area (Å²) >= 11 is 0. The van der Waals surface area contributed by atoms with Gasteiger partial charge in [-0.05, 0) is 25.0 Å². The summed E-state index contributed by atoms with van der Waals surface area (Å²) in [6, 6.07) is 6.52. The average Bonchev–Trinajstić information content (AvgIpc) is 2.47. The Morgan fingerprint density at radius 3 is 2.75 bits per heavy atom. The number of carbonyl (C=O) groups excluding carboxylic acids is 1. The van der Waals surface area contributed by atoms with Gasteiger partial charge in [0.15, 0.2) is 0 Å². The normalized spacial score (nSPS) is 17.1. The highest BCUT2D eigenvalue weighted by atomic mass is 16.2. The molecular weight excluding hydrogens is 252 g/mol. The first-order valence-corrected chi connectivity index (χ1v) is 7.21. The number of nitrogens with zero attached hydrogens (tertiary/aromatic N) is 3. The number of likely N-dealkylation sites (N-methyl/N-ethyl adjacent to an activating group) is 1. The fraction of sp³-hybridized carbons (Fsp3) is 0.600. The fourth-order valence-electron chi connectivity index (χ4n) is 2.38. The number of hydrogen-bond donors (Lipinski definition) is 1. The van der Waals surface area contributed by atoms with E-state index >= 15 is 0 Å². The standard InChI is InChI=1S/C15H24N4O/c1-18(2)15(20)12-19-9-6-13(7-10-19)17-11-14-5-3-4-8-16-14/h3-5,8,13,17H,6-7,9-12H2,1-2H3. The Morgan fingerprint density at radius 1 is 1.40 bits per heavy atom. The lowest BCUT2D eigenvalue weighted by molar-refractivity contribution is -0.130. The molecule has 0 aromatic carbocycles. The lowest BCUT2D eigenvalue weighted by Gasteiger charge is -2.32. The van der Waals surface area contributed by atoms with Gasteiger partial charge in [-0.15, -0.1) is 0 Å². The van der Waals surface area contributed by atoms with Crippen LogP contribution < -0.4 is 5.32 Å². The average molecular weight is 276 g/mol. The minimum absolute atomic E-state index is 0.185. The zero-order valence-corrected chi connectivity index (χ0v) is 12.4. The lowest BCUT2D eigenvalue weighted by atomic mass is 10.0. The van der Waals surface area contributed by atoms with Gasteiger partial charge in [0, 0.05) is 46.0 Å². The van der Waals surface area contributed by atoms with Crippen LogP contribution in [0.3, 0.4) is 0 Å². The molecule has 5 heteroatoms. The first kappa shape index (κ1) is 14.9. The highest BCUT2D eigenvalue weighted by molar-refractivity contribution is 5.77. The molecule has 1 aromatic heterocycles. The molecule has 1 N–H and O–H groups in total. The maximum Gasteiger partial charge on any atom is 0.236 e. The third-order valence-electron chi connectivity index (χ3n) is 3.74. The van der Waals surface area contributed by atoms with Crippen molar-refractivity contribution in [1.29, 1.82) is 0 Å². The molecule has 0 bridgehead atoms. The zero-order chi connectivity index (χ0) is 14.4. The molecule has 1 saturated heterocycles. The molecule has 2 rings (SSSR count). The van der Waals surface area contributed by atoms with Gasteiger partial charge in [-0.1, -0.05) is 6.07 Å². The maximum absolute atomic E-state index is 11.7. The summed E-state index contributed by atoms with van der Waals surface area (Å²) in [7, 11) is 3.62. The Morgan fingerprint density at radius 2 is 2.15 bits per heavy atom. The van der Waals surface area contributed by atoms with Gasteiger partial charge in [0.05, 0.1) is 12.2 Å². The van der Waals surface area contributed by atoms with Gasteiger partial charge < -0.3 is 10.2 Å². The molecule has 0 spiro atoms. The lowest BCUT2D eigenvalue weighted by Crippen LogP contribution is -2.45. The van der Waals surface area contributed by atoms with E-state index in [1.807, 2.05) is 38.5 Å². The molecule has 1 aliphatic rings. The third-order valence-corrected chi connectivity index (χ3v) is 3.74. The Hall–Kier alpha value is -1.46. The number of aromatic nitrogens is 1. The zero-order valence-electron chi connectivity index (χ0n) is 12.4. The Bertz CT molecular complexity index is 413. The summed E-state index contributed by atoms with van der Waals surface area (Å²) in [5.74, 6) is 0.185. The van der Waals surface area contributed by atoms with Gasteiger partial charge in [-0.3, -0.25) is 14.7 Å². The van der Waals surface area contributed by atoms with Gasteiger partial charge >= 0.3 is 0 Å². The molecule has 0 saturated carbocycles. The highest BCUT2D eigenvalue weighted by Gasteiger charge is 2.20. The van der Waals surface area contributed by atoms with Crippen molar-refractivity contribution in [2.75, 3.05) is 33.7 Å². The van der Waals surface area contributed by atoms with E-state index in [1.54, 1.807) is 4.90 Å². The number of hydrogen-bond acceptors (Lipinski definition) is 4. The predicted octanol–water partition coefficient (Wildman–Crippen LogP) is 0.724. The van der Waals surface area contributed by atoms with Crippen molar-refractivity contribution in [2.45, 2.75) is 25.4 Å². The molecule has 0 atom stereocenters. The molecule has 1 fully saturated rings. The molecule has 0 unspecified atom stereocenters. The van der Waals surface area contributed by atoms with Crippen LogP contribution in [-0.4, -0.2) is 60.5 Å². The van der Waals surface area contributed by atoms with Crippen LogP contribution in [0.2, 0.25) is 0 Å². The second-order valence-electron chi connectivity index (χ2n) is 5.54. The summed E-state index contributed by atoms with van der Waals surface area (Å²) in [5, 5.41) is 3.55. The predicted molar refractivity (Wildman–Crippen MR) is 79.2 cm³/mol. The number of nitrogens with one attached hydrogen (secondary N) is 1. The topological polar surface area (TPSA) is 48.5 Å². The van der Waals surface area contributed by atoms with E-state index in [4.69, 9.17) is 0 Å². The van der Waals surface area contributed by atoms with Gasteiger partial charge in [-0.2, -0.15) is 0 Å². The van der Waals surface area contributed by atoms with Crippen molar-refractivity contribution in [3.8, 4) is 0 Å². The minimum atomic E-state index is 0.185. The molecule has 110 valence electrons. The number of carbonyl (C=O) groups is 1. The third kappa shape index (κ3) is 4.58. The minimum Gasteiger partial charge on any atom is -0.348 e. The summed E-state index contributed by atoms with van der Waals surface area (Å²) in [6.45, 7) is 3.33. The van der Waals surface area contributed by atoms with Crippen LogP contribution in [0, 0.1) is 0 Å². The molecule has 1 aromatic rings. The number of pyridine rings is 1. The summed E-state index contributed by atoms with van der Waals surface area (Å²) < 4.78 is 0. The molecule has 0 aliphatic carbocycles. The maximum atomic E-state index is 11.7. The van der Waals surface area contributed by atoms with Crippen molar-refractivity contribution in [3.05, 3.63) is 30.1 Å². The van der Waals surface area contributed by atoms with Gasteiger partial charge in [0.1, 0.15) is 0 Å². The van der Waals surface area contributed by atoms with E-state index in [2.05, 4.69) is 15.2 Å². The van der Waals surface area contributed by atoms with Crippen LogP contribution in [0.1, 0.15) is 18.5 Å². The Kier molecular flexibility index (Phi) is 5.49. The molecule has 1 amide bonds. The van der Waals surface area contributed by atoms with Gasteiger partial charge in [-0.25, -0.2) is 0 Å². The van der Waals surface area contributed by atoms with E-state index in [1.165, 1.54) is 0 Å². The molecule has 5 nitrogen and oxygen atoms in total. The first-order chi connectivity index (χ1) is 9.65. The van der Waals surface area contributed by atoms with Gasteiger partial charge in [0.2, 0.25) is 5.91 Å². The van der Waals surface area contributed by atoms with Crippen LogP contribution in [0.5, 0.6) is 0 Å². The quantitative estimate of drug-likeness (QED) is 0.861. The molecule has 0 radical (unpaired) electrons. The first-order valence-electron chi connectivity index (χ1n) is 7.21. The van der Waals surface area contributed by atoms with E-state index in [0.717, 1.165) is 38.2 Å². The summed E-state index contributed by atoms with van der Waals surface area (Å²) in [4.78, 5) is 19.9. The summed E-state index contributed by atoms with van der Waals surface area (Å²) in [6.07, 6.45) is 4.01. The van der Waals surface area contributed by atoms with E-state index in [-0.39, 0.29) is 5.91 Å². The van der Waals surface area contributed by atoms with Crippen LogP contribution >= 0.6 is 0 Å². The molecule has 20 heavy (non-hydrogen) atoms. The number of amides is 1. The van der Waals surface area contributed by atoms with Gasteiger partial charge in [0.25, 0.3) is 0 Å². The van der Waals surface area contributed by atoms with Crippen molar-refractivity contribution in [2.24, 2.45) is 0 Å². The Balaban J connectivity index is 1.68. The summed E-state index contributed by atoms with van der Waals surface area (Å²) in [5.41, 5.74) is 1.08. The largest absolute Gasteiger partial charge is 0.348 e. The molecule has 1 aliphatic heterocycles. The van der Waals surface area contributed by atoms with Crippen LogP contribution in [0.4, 0.5) is 0 Å². The second kappa shape index (κ2) is 7.36. The van der Waals surface area contributed by atoms with Crippen molar-refractivity contribution < 1.29 is 4.79 Å². The SMILES string of the molecule is CN(C)C(=O)CN1CCC(NCc2ccccn2)CC1. The second-order valence-corrected chi connectivity index (χ2v) is 5.54. The molecule has 2 heterocycles.